The Morgan fingerprint density at radius 2 is 0.964 bits per heavy atom. The predicted molar refractivity (Wildman–Crippen MR) is 111 cm³/mol. The van der Waals surface area contributed by atoms with Crippen LogP contribution in [0.25, 0.3) is 0 Å². The summed E-state index contributed by atoms with van der Waals surface area (Å²) in [6.07, 6.45) is 14.8. The SMILES string of the molecule is CCCCCCCCCCCCC(N)C(C)(C)N.O=S(=O)(O)O.O=S(=O)(O)O. The molecular weight excluding hydrogens is 412 g/mol. The maximum absolute atomic E-state index is 8.74. The van der Waals surface area contributed by atoms with Crippen LogP contribution in [0.1, 0.15) is 91.4 Å². The standard InChI is InChI=1S/C16H36N2.2H2O4S/c1-4-5-6-7-8-9-10-11-12-13-14-15(17)16(2,3)18;2*1-5(2,3)4/h15H,4-14,17-18H2,1-3H3;2*(H2,1,2,3,4). The highest BCUT2D eigenvalue weighted by Crippen LogP contribution is 2.14. The van der Waals surface area contributed by atoms with E-state index in [1.165, 1.54) is 64.2 Å². The van der Waals surface area contributed by atoms with Crippen molar-refractivity contribution in [1.29, 1.82) is 0 Å². The summed E-state index contributed by atoms with van der Waals surface area (Å²) in [6.45, 7) is 6.31. The van der Waals surface area contributed by atoms with E-state index in [0.29, 0.717) is 0 Å². The number of unbranched alkanes of at least 4 members (excludes halogenated alkanes) is 9. The van der Waals surface area contributed by atoms with Gasteiger partial charge in [-0.1, -0.05) is 71.1 Å². The predicted octanol–water partition coefficient (Wildman–Crippen LogP) is 3.06. The van der Waals surface area contributed by atoms with Crippen LogP contribution in [-0.2, 0) is 20.8 Å². The van der Waals surface area contributed by atoms with Crippen molar-refractivity contribution in [3.63, 3.8) is 0 Å². The third-order valence-corrected chi connectivity index (χ3v) is 3.82. The smallest absolute Gasteiger partial charge is 0.326 e. The van der Waals surface area contributed by atoms with E-state index in [2.05, 4.69) is 6.92 Å². The normalized spacial score (nSPS) is 13.0. The molecule has 1 atom stereocenters. The highest BCUT2D eigenvalue weighted by molar-refractivity contribution is 7.80. The zero-order valence-electron chi connectivity index (χ0n) is 17.2. The molecule has 0 rings (SSSR count). The third-order valence-electron chi connectivity index (χ3n) is 3.82. The molecule has 0 spiro atoms. The van der Waals surface area contributed by atoms with Gasteiger partial charge in [0.15, 0.2) is 0 Å². The van der Waals surface area contributed by atoms with Gasteiger partial charge in [-0.05, 0) is 20.3 Å². The minimum absolute atomic E-state index is 0.145. The Bertz CT molecular complexity index is 499. The van der Waals surface area contributed by atoms with Crippen molar-refractivity contribution in [3.05, 3.63) is 0 Å². The molecule has 12 heteroatoms. The first kappa shape index (κ1) is 32.3. The first-order chi connectivity index (χ1) is 12.5. The third kappa shape index (κ3) is 50.0. The molecule has 0 aliphatic rings. The monoisotopic (exact) mass is 452 g/mol. The minimum atomic E-state index is -4.67. The van der Waals surface area contributed by atoms with Gasteiger partial charge in [-0.2, -0.15) is 16.8 Å². The molecule has 0 saturated heterocycles. The Morgan fingerprint density at radius 1 is 0.714 bits per heavy atom. The first-order valence-electron chi connectivity index (χ1n) is 9.42. The number of nitrogens with two attached hydrogens (primary N) is 2. The molecule has 0 aliphatic heterocycles. The van der Waals surface area contributed by atoms with Crippen LogP contribution in [0, 0.1) is 0 Å². The molecule has 0 aromatic rings. The van der Waals surface area contributed by atoms with E-state index in [1.54, 1.807) is 0 Å². The van der Waals surface area contributed by atoms with Crippen molar-refractivity contribution < 1.29 is 35.0 Å². The Balaban J connectivity index is -0.000000512. The van der Waals surface area contributed by atoms with Gasteiger partial charge in [-0.3, -0.25) is 18.2 Å². The summed E-state index contributed by atoms with van der Waals surface area (Å²) >= 11 is 0. The Morgan fingerprint density at radius 3 is 1.21 bits per heavy atom. The van der Waals surface area contributed by atoms with Crippen LogP contribution in [-0.4, -0.2) is 46.6 Å². The summed E-state index contributed by atoms with van der Waals surface area (Å²) in [6, 6.07) is 0.145. The van der Waals surface area contributed by atoms with Gasteiger partial charge >= 0.3 is 20.8 Å². The Labute approximate surface area is 170 Å². The van der Waals surface area contributed by atoms with Gasteiger partial charge in [0.1, 0.15) is 0 Å². The van der Waals surface area contributed by atoms with E-state index < -0.39 is 20.8 Å². The molecule has 0 aliphatic carbocycles. The molecule has 0 saturated carbocycles. The van der Waals surface area contributed by atoms with Crippen LogP contribution in [0.2, 0.25) is 0 Å². The lowest BCUT2D eigenvalue weighted by molar-refractivity contribution is 0.376. The highest BCUT2D eigenvalue weighted by atomic mass is 32.3. The number of hydrogen-bond acceptors (Lipinski definition) is 6. The maximum Gasteiger partial charge on any atom is 0.394 e. The quantitative estimate of drug-likeness (QED) is 0.189. The zero-order valence-corrected chi connectivity index (χ0v) is 18.9. The van der Waals surface area contributed by atoms with Gasteiger partial charge in [-0.25, -0.2) is 0 Å². The van der Waals surface area contributed by atoms with E-state index in [4.69, 9.17) is 46.5 Å². The fourth-order valence-corrected chi connectivity index (χ4v) is 2.22. The molecule has 8 N–H and O–H groups in total. The van der Waals surface area contributed by atoms with Crippen LogP contribution in [0.3, 0.4) is 0 Å². The summed E-state index contributed by atoms with van der Waals surface area (Å²) in [4.78, 5) is 0. The van der Waals surface area contributed by atoms with Crippen molar-refractivity contribution >= 4 is 20.8 Å². The molecule has 1 unspecified atom stereocenters. The molecule has 0 aromatic heterocycles. The summed E-state index contributed by atoms with van der Waals surface area (Å²) < 4.78 is 63.2. The molecule has 28 heavy (non-hydrogen) atoms. The molecule has 0 heterocycles. The van der Waals surface area contributed by atoms with Crippen LogP contribution < -0.4 is 11.5 Å². The van der Waals surface area contributed by atoms with Crippen LogP contribution in [0.4, 0.5) is 0 Å². The van der Waals surface area contributed by atoms with Gasteiger partial charge in [0.25, 0.3) is 0 Å². The Kier molecular flexibility index (Phi) is 20.2. The summed E-state index contributed by atoms with van der Waals surface area (Å²) in [5, 5.41) is 0. The van der Waals surface area contributed by atoms with Crippen molar-refractivity contribution in [1.82, 2.24) is 0 Å². The molecule has 0 amide bonds. The van der Waals surface area contributed by atoms with Crippen molar-refractivity contribution in [2.45, 2.75) is 103 Å². The lowest BCUT2D eigenvalue weighted by atomic mass is 9.92. The highest BCUT2D eigenvalue weighted by Gasteiger charge is 2.19. The topological polar surface area (TPSA) is 201 Å². The van der Waals surface area contributed by atoms with Crippen LogP contribution >= 0.6 is 0 Å². The lowest BCUT2D eigenvalue weighted by Gasteiger charge is -2.26. The zero-order chi connectivity index (χ0) is 22.9. The summed E-state index contributed by atoms with van der Waals surface area (Å²) in [5.74, 6) is 0. The molecule has 10 nitrogen and oxygen atoms in total. The maximum atomic E-state index is 8.74. The molecule has 0 radical (unpaired) electrons. The Hall–Kier alpha value is -0.340. The van der Waals surface area contributed by atoms with Crippen LogP contribution in [0.15, 0.2) is 0 Å². The van der Waals surface area contributed by atoms with Gasteiger partial charge in [0, 0.05) is 11.6 Å². The number of rotatable bonds is 12. The van der Waals surface area contributed by atoms with E-state index in [1.807, 2.05) is 13.8 Å². The van der Waals surface area contributed by atoms with E-state index in [-0.39, 0.29) is 11.6 Å². The van der Waals surface area contributed by atoms with Crippen molar-refractivity contribution in [2.75, 3.05) is 0 Å². The number of hydrogen-bond donors (Lipinski definition) is 6. The molecule has 0 bridgehead atoms. The molecule has 0 aromatic carbocycles. The lowest BCUT2D eigenvalue weighted by Crippen LogP contribution is -2.50. The largest absolute Gasteiger partial charge is 0.394 e. The van der Waals surface area contributed by atoms with Gasteiger partial charge < -0.3 is 11.5 Å². The van der Waals surface area contributed by atoms with Gasteiger partial charge in [-0.15, -0.1) is 0 Å². The van der Waals surface area contributed by atoms with Crippen molar-refractivity contribution in [3.8, 4) is 0 Å². The van der Waals surface area contributed by atoms with E-state index >= 15 is 0 Å². The second kappa shape index (κ2) is 17.5. The first-order valence-corrected chi connectivity index (χ1v) is 12.2. The molecular formula is C16H40N2O8S2. The van der Waals surface area contributed by atoms with Gasteiger partial charge in [0.05, 0.1) is 0 Å². The molecule has 174 valence electrons. The average Bonchev–Trinajstić information content (AvgIpc) is 2.44. The van der Waals surface area contributed by atoms with Gasteiger partial charge in [0.2, 0.25) is 0 Å². The van der Waals surface area contributed by atoms with Crippen LogP contribution in [0.5, 0.6) is 0 Å². The van der Waals surface area contributed by atoms with Crippen molar-refractivity contribution in [2.24, 2.45) is 11.5 Å². The van der Waals surface area contributed by atoms with E-state index in [0.717, 1.165) is 6.42 Å². The minimum Gasteiger partial charge on any atom is -0.326 e. The fourth-order valence-electron chi connectivity index (χ4n) is 2.22. The average molecular weight is 453 g/mol. The fraction of sp³-hybridized carbons (Fsp3) is 1.00. The summed E-state index contributed by atoms with van der Waals surface area (Å²) in [7, 11) is -9.33. The molecule has 0 fully saturated rings. The second-order valence-electron chi connectivity index (χ2n) is 7.29. The summed E-state index contributed by atoms with van der Waals surface area (Å²) in [5.41, 5.74) is 11.8. The van der Waals surface area contributed by atoms with E-state index in [9.17, 15) is 0 Å². The second-order valence-corrected chi connectivity index (χ2v) is 9.09.